The Morgan fingerprint density at radius 3 is 2.71 bits per heavy atom. The number of benzene rings is 2. The highest BCUT2D eigenvalue weighted by molar-refractivity contribution is 6.03. The van der Waals surface area contributed by atoms with Crippen LogP contribution in [0.4, 0.5) is 5.69 Å². The second-order valence-electron chi connectivity index (χ2n) is 5.56. The van der Waals surface area contributed by atoms with Crippen LogP contribution < -0.4 is 20.1 Å². The predicted molar refractivity (Wildman–Crippen MR) is 88.8 cm³/mol. The number of anilines is 1. The second-order valence-corrected chi connectivity index (χ2v) is 5.56. The number of rotatable bonds is 5. The fourth-order valence-electron chi connectivity index (χ4n) is 2.41. The van der Waals surface area contributed by atoms with Crippen molar-refractivity contribution in [3.8, 4) is 11.5 Å². The molecule has 0 saturated carbocycles. The average Bonchev–Trinajstić information content (AvgIpc) is 3.00. The van der Waals surface area contributed by atoms with Crippen LogP contribution in [0.1, 0.15) is 17.5 Å². The molecule has 0 fully saturated rings. The lowest BCUT2D eigenvalue weighted by Gasteiger charge is -2.08. The van der Waals surface area contributed by atoms with E-state index in [2.05, 4.69) is 10.6 Å². The first-order chi connectivity index (χ1) is 11.6. The molecule has 0 radical (unpaired) electrons. The number of amides is 2. The zero-order valence-corrected chi connectivity index (χ0v) is 13.3. The van der Waals surface area contributed by atoms with E-state index in [1.807, 2.05) is 31.2 Å². The van der Waals surface area contributed by atoms with Crippen LogP contribution in [0.15, 0.2) is 42.5 Å². The lowest BCUT2D eigenvalue weighted by atomic mass is 10.1. The van der Waals surface area contributed by atoms with Crippen molar-refractivity contribution in [2.45, 2.75) is 19.9 Å². The number of fused-ring (bicyclic) bond motifs is 1. The first-order valence-electron chi connectivity index (χ1n) is 7.62. The van der Waals surface area contributed by atoms with Gasteiger partial charge in [-0.1, -0.05) is 29.8 Å². The van der Waals surface area contributed by atoms with Crippen molar-refractivity contribution in [3.05, 3.63) is 53.6 Å². The Morgan fingerprint density at radius 2 is 1.88 bits per heavy atom. The van der Waals surface area contributed by atoms with Gasteiger partial charge in [0.15, 0.2) is 11.5 Å². The minimum atomic E-state index is -0.379. The summed E-state index contributed by atoms with van der Waals surface area (Å²) in [5.74, 6) is 0.519. The van der Waals surface area contributed by atoms with Crippen molar-refractivity contribution in [1.82, 2.24) is 5.32 Å². The van der Waals surface area contributed by atoms with Gasteiger partial charge in [-0.2, -0.15) is 0 Å². The lowest BCUT2D eigenvalue weighted by Crippen LogP contribution is -2.27. The second kappa shape index (κ2) is 7.04. The van der Waals surface area contributed by atoms with Crippen LogP contribution in [-0.2, 0) is 16.1 Å². The molecule has 124 valence electrons. The van der Waals surface area contributed by atoms with E-state index in [0.717, 1.165) is 11.1 Å². The zero-order valence-electron chi connectivity index (χ0n) is 13.3. The molecule has 2 amide bonds. The van der Waals surface area contributed by atoms with E-state index in [0.29, 0.717) is 23.7 Å². The Bertz CT molecular complexity index is 773. The quantitative estimate of drug-likeness (QED) is 0.827. The summed E-state index contributed by atoms with van der Waals surface area (Å²) < 4.78 is 10.5. The molecule has 6 heteroatoms. The molecule has 24 heavy (non-hydrogen) atoms. The van der Waals surface area contributed by atoms with Gasteiger partial charge in [-0.3, -0.25) is 9.59 Å². The third kappa shape index (κ3) is 4.04. The molecule has 1 aliphatic heterocycles. The normalized spacial score (nSPS) is 11.9. The Hall–Kier alpha value is -3.02. The zero-order chi connectivity index (χ0) is 16.9. The van der Waals surface area contributed by atoms with E-state index < -0.39 is 0 Å². The van der Waals surface area contributed by atoms with Crippen molar-refractivity contribution in [2.24, 2.45) is 0 Å². The summed E-state index contributed by atoms with van der Waals surface area (Å²) in [6.45, 7) is 2.57. The molecule has 0 unspecified atom stereocenters. The smallest absolute Gasteiger partial charge is 0.233 e. The number of nitrogens with one attached hydrogen (secondary N) is 2. The maximum atomic E-state index is 11.9. The first kappa shape index (κ1) is 15.9. The molecule has 1 aliphatic rings. The average molecular weight is 326 g/mol. The van der Waals surface area contributed by atoms with Gasteiger partial charge in [-0.25, -0.2) is 0 Å². The fourth-order valence-corrected chi connectivity index (χ4v) is 2.41. The summed E-state index contributed by atoms with van der Waals surface area (Å²) in [6, 6.07) is 12.9. The van der Waals surface area contributed by atoms with Gasteiger partial charge in [0, 0.05) is 18.3 Å². The standard InChI is InChI=1S/C18H18N2O4/c1-12-3-2-4-13(7-12)10-19-17(21)9-18(22)20-14-5-6-15-16(8-14)24-11-23-15/h2-8H,9-11H2,1H3,(H,19,21)(H,20,22). The highest BCUT2D eigenvalue weighted by Gasteiger charge is 2.15. The van der Waals surface area contributed by atoms with E-state index in [4.69, 9.17) is 9.47 Å². The maximum Gasteiger partial charge on any atom is 0.233 e. The molecule has 0 aliphatic carbocycles. The number of carbonyl (C=O) groups is 2. The van der Waals surface area contributed by atoms with E-state index in [1.165, 1.54) is 0 Å². The molecule has 6 nitrogen and oxygen atoms in total. The predicted octanol–water partition coefficient (Wildman–Crippen LogP) is 2.37. The van der Waals surface area contributed by atoms with Crippen molar-refractivity contribution < 1.29 is 19.1 Å². The highest BCUT2D eigenvalue weighted by atomic mass is 16.7. The van der Waals surface area contributed by atoms with Gasteiger partial charge in [0.25, 0.3) is 0 Å². The molecule has 1 heterocycles. The Labute approximate surface area is 139 Å². The Balaban J connectivity index is 1.48. The van der Waals surface area contributed by atoms with Crippen LogP contribution >= 0.6 is 0 Å². The molecule has 2 N–H and O–H groups in total. The van der Waals surface area contributed by atoms with Crippen LogP contribution in [0.3, 0.4) is 0 Å². The lowest BCUT2D eigenvalue weighted by molar-refractivity contribution is -0.126. The molecule has 0 aromatic heterocycles. The summed E-state index contributed by atoms with van der Waals surface area (Å²) in [5, 5.41) is 5.41. The summed E-state index contributed by atoms with van der Waals surface area (Å²) in [6.07, 6.45) is -0.236. The van der Waals surface area contributed by atoms with Crippen LogP contribution in [0.5, 0.6) is 11.5 Å². The molecule has 0 atom stereocenters. The molecular formula is C18H18N2O4. The van der Waals surface area contributed by atoms with Crippen LogP contribution in [0, 0.1) is 6.92 Å². The topological polar surface area (TPSA) is 76.7 Å². The summed E-state index contributed by atoms with van der Waals surface area (Å²) in [7, 11) is 0. The van der Waals surface area contributed by atoms with E-state index in [1.54, 1.807) is 18.2 Å². The van der Waals surface area contributed by atoms with E-state index in [-0.39, 0.29) is 25.0 Å². The van der Waals surface area contributed by atoms with Gasteiger partial charge in [0.05, 0.1) is 0 Å². The van der Waals surface area contributed by atoms with Gasteiger partial charge in [-0.15, -0.1) is 0 Å². The van der Waals surface area contributed by atoms with Gasteiger partial charge in [0.1, 0.15) is 6.42 Å². The van der Waals surface area contributed by atoms with Crippen LogP contribution in [0.2, 0.25) is 0 Å². The van der Waals surface area contributed by atoms with Crippen molar-refractivity contribution >= 4 is 17.5 Å². The summed E-state index contributed by atoms with van der Waals surface area (Å²) in [5.41, 5.74) is 2.69. The molecule has 0 spiro atoms. The van der Waals surface area contributed by atoms with Gasteiger partial charge >= 0.3 is 0 Å². The van der Waals surface area contributed by atoms with E-state index >= 15 is 0 Å². The van der Waals surface area contributed by atoms with E-state index in [9.17, 15) is 9.59 Å². The minimum Gasteiger partial charge on any atom is -0.454 e. The van der Waals surface area contributed by atoms with Gasteiger partial charge in [0.2, 0.25) is 18.6 Å². The van der Waals surface area contributed by atoms with Gasteiger partial charge in [-0.05, 0) is 24.6 Å². The molecular weight excluding hydrogens is 308 g/mol. The molecule has 3 rings (SSSR count). The third-order valence-corrected chi connectivity index (χ3v) is 3.55. The first-order valence-corrected chi connectivity index (χ1v) is 7.62. The number of hydrogen-bond donors (Lipinski definition) is 2. The Kier molecular flexibility index (Phi) is 4.65. The molecule has 2 aromatic rings. The van der Waals surface area contributed by atoms with Crippen molar-refractivity contribution in [3.63, 3.8) is 0 Å². The molecule has 0 saturated heterocycles. The van der Waals surface area contributed by atoms with Crippen LogP contribution in [-0.4, -0.2) is 18.6 Å². The van der Waals surface area contributed by atoms with Crippen LogP contribution in [0.25, 0.3) is 0 Å². The monoisotopic (exact) mass is 326 g/mol. The van der Waals surface area contributed by atoms with Gasteiger partial charge < -0.3 is 20.1 Å². The van der Waals surface area contributed by atoms with Crippen molar-refractivity contribution in [1.29, 1.82) is 0 Å². The largest absolute Gasteiger partial charge is 0.454 e. The third-order valence-electron chi connectivity index (χ3n) is 3.55. The Morgan fingerprint density at radius 1 is 1.04 bits per heavy atom. The summed E-state index contributed by atoms with van der Waals surface area (Å²) >= 11 is 0. The number of ether oxygens (including phenoxy) is 2. The molecule has 2 aromatic carbocycles. The minimum absolute atomic E-state index is 0.175. The number of aryl methyl sites for hydroxylation is 1. The highest BCUT2D eigenvalue weighted by Crippen LogP contribution is 2.34. The van der Waals surface area contributed by atoms with Crippen molar-refractivity contribution in [2.75, 3.05) is 12.1 Å². The summed E-state index contributed by atoms with van der Waals surface area (Å²) in [4.78, 5) is 23.8. The fraction of sp³-hybridized carbons (Fsp3) is 0.222. The molecule has 0 bridgehead atoms. The number of hydrogen-bond acceptors (Lipinski definition) is 4. The maximum absolute atomic E-state index is 11.9. The SMILES string of the molecule is Cc1cccc(CNC(=O)CC(=O)Nc2ccc3c(c2)OCO3)c1. The number of carbonyl (C=O) groups excluding carboxylic acids is 2.